The first-order valence-corrected chi connectivity index (χ1v) is 8.86. The topological polar surface area (TPSA) is 39.1 Å². The minimum absolute atomic E-state index is 0.636. The molecule has 3 aromatic rings. The van der Waals surface area contributed by atoms with E-state index in [0.717, 1.165) is 37.4 Å². The Labute approximate surface area is 149 Å². The third-order valence-electron chi connectivity index (χ3n) is 4.02. The second-order valence-electron chi connectivity index (χ2n) is 6.04. The largest absolute Gasteiger partial charge is 0.491 e. The summed E-state index contributed by atoms with van der Waals surface area (Å²) in [7, 11) is 0. The molecule has 1 N–H and O–H groups in total. The molecule has 130 valence electrons. The van der Waals surface area contributed by atoms with Gasteiger partial charge in [0.1, 0.15) is 12.4 Å². The zero-order valence-electron chi connectivity index (χ0n) is 14.7. The summed E-state index contributed by atoms with van der Waals surface area (Å²) in [6, 6.07) is 18.6. The van der Waals surface area contributed by atoms with Gasteiger partial charge in [-0.15, -0.1) is 0 Å². The van der Waals surface area contributed by atoms with Crippen molar-refractivity contribution in [3.8, 4) is 5.75 Å². The summed E-state index contributed by atoms with van der Waals surface area (Å²) >= 11 is 0. The highest BCUT2D eigenvalue weighted by atomic mass is 16.5. The average Bonchev–Trinajstić information content (AvgIpc) is 3.15. The maximum atomic E-state index is 6.08. The number of rotatable bonds is 9. The van der Waals surface area contributed by atoms with Crippen LogP contribution in [0.3, 0.4) is 0 Å². The Hall–Kier alpha value is -2.75. The lowest BCUT2D eigenvalue weighted by Gasteiger charge is -2.14. The summed E-state index contributed by atoms with van der Waals surface area (Å²) in [5, 5.41) is 7.65. The predicted octanol–water partition coefficient (Wildman–Crippen LogP) is 4.37. The zero-order chi connectivity index (χ0) is 17.3. The fourth-order valence-corrected chi connectivity index (χ4v) is 2.80. The molecule has 0 spiro atoms. The van der Waals surface area contributed by atoms with E-state index < -0.39 is 0 Å². The van der Waals surface area contributed by atoms with E-state index in [0.29, 0.717) is 6.61 Å². The van der Waals surface area contributed by atoms with Crippen LogP contribution in [0.15, 0.2) is 67.0 Å². The van der Waals surface area contributed by atoms with Gasteiger partial charge in [0.15, 0.2) is 0 Å². The van der Waals surface area contributed by atoms with Crippen molar-refractivity contribution in [3.05, 3.63) is 78.1 Å². The minimum atomic E-state index is 0.636. The lowest BCUT2D eigenvalue weighted by molar-refractivity contribution is 0.328. The summed E-state index contributed by atoms with van der Waals surface area (Å²) in [5.41, 5.74) is 3.59. The molecule has 0 saturated carbocycles. The van der Waals surface area contributed by atoms with Crippen molar-refractivity contribution >= 4 is 5.69 Å². The standard InChI is InChI=1S/C21H25N3O/c1-2-7-19-11-10-18(17-24-14-6-12-23-24)16-21(19)25-15-13-22-20-8-4-3-5-9-20/h3-6,8-12,14,16,22H,2,7,13,15,17H2,1H3. The van der Waals surface area contributed by atoms with E-state index in [1.54, 1.807) is 6.20 Å². The highest BCUT2D eigenvalue weighted by Gasteiger charge is 2.06. The molecule has 0 fully saturated rings. The van der Waals surface area contributed by atoms with Crippen LogP contribution in [0, 0.1) is 0 Å². The molecule has 0 amide bonds. The van der Waals surface area contributed by atoms with E-state index in [4.69, 9.17) is 4.74 Å². The molecule has 0 aliphatic rings. The number of ether oxygens (including phenoxy) is 1. The molecular weight excluding hydrogens is 310 g/mol. The number of nitrogens with one attached hydrogen (secondary N) is 1. The Balaban J connectivity index is 1.60. The maximum absolute atomic E-state index is 6.08. The van der Waals surface area contributed by atoms with Gasteiger partial charge in [-0.25, -0.2) is 0 Å². The Morgan fingerprint density at radius 3 is 2.72 bits per heavy atom. The van der Waals surface area contributed by atoms with Gasteiger partial charge >= 0.3 is 0 Å². The average molecular weight is 335 g/mol. The fourth-order valence-electron chi connectivity index (χ4n) is 2.80. The number of nitrogens with zero attached hydrogens (tertiary/aromatic N) is 2. The predicted molar refractivity (Wildman–Crippen MR) is 102 cm³/mol. The molecule has 0 saturated heterocycles. The van der Waals surface area contributed by atoms with E-state index in [9.17, 15) is 0 Å². The van der Waals surface area contributed by atoms with Gasteiger partial charge in [-0.1, -0.05) is 43.7 Å². The van der Waals surface area contributed by atoms with Crippen molar-refractivity contribution in [1.29, 1.82) is 0 Å². The molecule has 4 nitrogen and oxygen atoms in total. The molecular formula is C21H25N3O. The van der Waals surface area contributed by atoms with Gasteiger partial charge in [-0.05, 0) is 41.8 Å². The first kappa shape index (κ1) is 17.1. The molecule has 0 atom stereocenters. The lowest BCUT2D eigenvalue weighted by Crippen LogP contribution is -2.12. The summed E-state index contributed by atoms with van der Waals surface area (Å²) in [4.78, 5) is 0. The Morgan fingerprint density at radius 2 is 1.96 bits per heavy atom. The second kappa shape index (κ2) is 8.92. The van der Waals surface area contributed by atoms with Gasteiger partial charge in [0, 0.05) is 24.6 Å². The first-order chi connectivity index (χ1) is 12.3. The summed E-state index contributed by atoms with van der Waals surface area (Å²) in [6.45, 7) is 4.37. The smallest absolute Gasteiger partial charge is 0.122 e. The molecule has 0 aliphatic heterocycles. The Morgan fingerprint density at radius 1 is 1.08 bits per heavy atom. The van der Waals surface area contributed by atoms with Crippen molar-refractivity contribution in [2.45, 2.75) is 26.3 Å². The molecule has 0 radical (unpaired) electrons. The van der Waals surface area contributed by atoms with Gasteiger partial charge < -0.3 is 10.1 Å². The van der Waals surface area contributed by atoms with Gasteiger partial charge in [-0.2, -0.15) is 5.10 Å². The number of para-hydroxylation sites is 1. The number of aryl methyl sites for hydroxylation is 1. The number of benzene rings is 2. The number of hydrogen-bond acceptors (Lipinski definition) is 3. The monoisotopic (exact) mass is 335 g/mol. The van der Waals surface area contributed by atoms with E-state index in [1.807, 2.05) is 35.1 Å². The Bertz CT molecular complexity index is 754. The minimum Gasteiger partial charge on any atom is -0.491 e. The molecule has 25 heavy (non-hydrogen) atoms. The fraction of sp³-hybridized carbons (Fsp3) is 0.286. The van der Waals surface area contributed by atoms with Crippen molar-refractivity contribution in [1.82, 2.24) is 9.78 Å². The zero-order valence-corrected chi connectivity index (χ0v) is 14.7. The molecule has 0 unspecified atom stereocenters. The van der Waals surface area contributed by atoms with Crippen LogP contribution in [0.1, 0.15) is 24.5 Å². The SMILES string of the molecule is CCCc1ccc(Cn2cccn2)cc1OCCNc1ccccc1. The molecule has 3 rings (SSSR count). The molecule has 0 aliphatic carbocycles. The summed E-state index contributed by atoms with van der Waals surface area (Å²) < 4.78 is 8.01. The summed E-state index contributed by atoms with van der Waals surface area (Å²) in [5.74, 6) is 0.987. The van der Waals surface area contributed by atoms with Crippen molar-refractivity contribution in [3.63, 3.8) is 0 Å². The number of aromatic nitrogens is 2. The van der Waals surface area contributed by atoms with Crippen LogP contribution >= 0.6 is 0 Å². The Kier molecular flexibility index (Phi) is 6.10. The van der Waals surface area contributed by atoms with E-state index in [2.05, 4.69) is 47.7 Å². The third kappa shape index (κ3) is 5.11. The van der Waals surface area contributed by atoms with Crippen molar-refractivity contribution < 1.29 is 4.74 Å². The van der Waals surface area contributed by atoms with Crippen LogP contribution in [0.5, 0.6) is 5.75 Å². The number of hydrogen-bond donors (Lipinski definition) is 1. The normalized spacial score (nSPS) is 10.6. The highest BCUT2D eigenvalue weighted by Crippen LogP contribution is 2.22. The van der Waals surface area contributed by atoms with Gasteiger partial charge in [0.25, 0.3) is 0 Å². The van der Waals surface area contributed by atoms with Crippen molar-refractivity contribution in [2.75, 3.05) is 18.5 Å². The molecule has 1 aromatic heterocycles. The lowest BCUT2D eigenvalue weighted by atomic mass is 10.1. The molecule has 2 aromatic carbocycles. The molecule has 1 heterocycles. The second-order valence-corrected chi connectivity index (χ2v) is 6.04. The highest BCUT2D eigenvalue weighted by molar-refractivity contribution is 5.42. The van der Waals surface area contributed by atoms with Gasteiger partial charge in [-0.3, -0.25) is 4.68 Å². The van der Waals surface area contributed by atoms with Gasteiger partial charge in [0.05, 0.1) is 6.54 Å². The van der Waals surface area contributed by atoms with Crippen LogP contribution in [-0.2, 0) is 13.0 Å². The number of anilines is 1. The van der Waals surface area contributed by atoms with Crippen LogP contribution in [0.4, 0.5) is 5.69 Å². The molecule has 4 heteroatoms. The summed E-state index contributed by atoms with van der Waals surface area (Å²) in [6.07, 6.45) is 5.92. The van der Waals surface area contributed by atoms with Crippen LogP contribution in [-0.4, -0.2) is 22.9 Å². The van der Waals surface area contributed by atoms with E-state index >= 15 is 0 Å². The first-order valence-electron chi connectivity index (χ1n) is 8.86. The van der Waals surface area contributed by atoms with E-state index in [-0.39, 0.29) is 0 Å². The van der Waals surface area contributed by atoms with Crippen LogP contribution in [0.2, 0.25) is 0 Å². The quantitative estimate of drug-likeness (QED) is 0.590. The van der Waals surface area contributed by atoms with Gasteiger partial charge in [0.2, 0.25) is 0 Å². The van der Waals surface area contributed by atoms with E-state index in [1.165, 1.54) is 11.1 Å². The van der Waals surface area contributed by atoms with Crippen LogP contribution in [0.25, 0.3) is 0 Å². The maximum Gasteiger partial charge on any atom is 0.122 e. The third-order valence-corrected chi connectivity index (χ3v) is 4.02. The van der Waals surface area contributed by atoms with Crippen molar-refractivity contribution in [2.24, 2.45) is 0 Å². The van der Waals surface area contributed by atoms with Crippen LogP contribution < -0.4 is 10.1 Å². The molecule has 0 bridgehead atoms.